The summed E-state index contributed by atoms with van der Waals surface area (Å²) in [4.78, 5) is 28.3. The number of carbonyl (C=O) groups is 2. The van der Waals surface area contributed by atoms with Crippen molar-refractivity contribution in [1.82, 2.24) is 10.4 Å². The molecule has 1 aromatic rings. The number of anilines is 1. The number of amides is 2. The first kappa shape index (κ1) is 24.7. The zero-order chi connectivity index (χ0) is 23.3. The lowest BCUT2D eigenvalue weighted by molar-refractivity contribution is -0.274. The van der Waals surface area contributed by atoms with Gasteiger partial charge in [-0.05, 0) is 43.5 Å². The van der Waals surface area contributed by atoms with Gasteiger partial charge in [-0.2, -0.15) is 0 Å². The molecular formula is C20H28F3N3O5. The summed E-state index contributed by atoms with van der Waals surface area (Å²) < 4.78 is 40.8. The zero-order valence-corrected chi connectivity index (χ0v) is 17.6. The summed E-state index contributed by atoms with van der Waals surface area (Å²) >= 11 is 0. The van der Waals surface area contributed by atoms with Crippen LogP contribution in [0.4, 0.5) is 18.9 Å². The molecule has 31 heavy (non-hydrogen) atoms. The molecule has 0 spiro atoms. The number of ether oxygens (including phenoxy) is 1. The van der Waals surface area contributed by atoms with Crippen LogP contribution in [-0.2, 0) is 9.59 Å². The van der Waals surface area contributed by atoms with Crippen molar-refractivity contribution in [3.05, 3.63) is 24.3 Å². The Morgan fingerprint density at radius 2 is 1.84 bits per heavy atom. The molecule has 3 N–H and O–H groups in total. The Morgan fingerprint density at radius 3 is 2.32 bits per heavy atom. The van der Waals surface area contributed by atoms with Crippen LogP contribution in [0.25, 0.3) is 0 Å². The van der Waals surface area contributed by atoms with Crippen LogP contribution in [0.5, 0.6) is 5.75 Å². The Morgan fingerprint density at radius 1 is 1.23 bits per heavy atom. The summed E-state index contributed by atoms with van der Waals surface area (Å²) in [5.74, 6) is -2.70. The number of rotatable bonds is 7. The molecule has 1 fully saturated rings. The normalized spacial score (nSPS) is 19.2. The van der Waals surface area contributed by atoms with Gasteiger partial charge < -0.3 is 19.6 Å². The van der Waals surface area contributed by atoms with E-state index >= 15 is 0 Å². The fourth-order valence-electron chi connectivity index (χ4n) is 3.71. The van der Waals surface area contributed by atoms with Gasteiger partial charge in [-0.1, -0.05) is 13.8 Å². The van der Waals surface area contributed by atoms with E-state index in [0.29, 0.717) is 25.3 Å². The molecule has 1 aliphatic heterocycles. The maximum absolute atomic E-state index is 13.1. The lowest BCUT2D eigenvalue weighted by Gasteiger charge is -2.42. The maximum atomic E-state index is 13.1. The topological polar surface area (TPSA) is 102 Å². The van der Waals surface area contributed by atoms with Gasteiger partial charge in [0, 0.05) is 31.4 Å². The van der Waals surface area contributed by atoms with Crippen LogP contribution in [-0.4, -0.2) is 65.2 Å². The Hall–Kier alpha value is -2.53. The van der Waals surface area contributed by atoms with Gasteiger partial charge in [0.1, 0.15) is 11.9 Å². The maximum Gasteiger partial charge on any atom is 0.573 e. The Bertz CT molecular complexity index is 757. The molecule has 0 aromatic heterocycles. The molecule has 0 radical (unpaired) electrons. The van der Waals surface area contributed by atoms with Crippen LogP contribution in [0.3, 0.4) is 0 Å². The molecule has 0 aliphatic carbocycles. The summed E-state index contributed by atoms with van der Waals surface area (Å²) in [5, 5.41) is 19.0. The molecule has 2 rings (SSSR count). The molecule has 1 aromatic carbocycles. The molecule has 1 saturated heterocycles. The molecule has 0 bridgehead atoms. The van der Waals surface area contributed by atoms with Gasteiger partial charge in [0.15, 0.2) is 0 Å². The SMILES string of the molecule is CC(C)CC(C(=O)N1CCN(c2ccc(OC(F)(F)F)cc2)C[C@H]1C)C(O)C(=O)NO. The summed E-state index contributed by atoms with van der Waals surface area (Å²) in [6, 6.07) is 5.22. The third-order valence-electron chi connectivity index (χ3n) is 5.15. The highest BCUT2D eigenvalue weighted by atomic mass is 19.4. The number of halogens is 3. The minimum absolute atomic E-state index is 0.0316. The fourth-order valence-corrected chi connectivity index (χ4v) is 3.71. The number of aliphatic hydroxyl groups is 1. The predicted molar refractivity (Wildman–Crippen MR) is 105 cm³/mol. The molecule has 0 saturated carbocycles. The summed E-state index contributed by atoms with van der Waals surface area (Å²) in [5.41, 5.74) is 2.07. The molecule has 174 valence electrons. The molecule has 1 aliphatic rings. The van der Waals surface area contributed by atoms with E-state index in [1.54, 1.807) is 4.90 Å². The number of nitrogens with zero attached hydrogens (tertiary/aromatic N) is 2. The molecule has 11 heteroatoms. The number of carbonyl (C=O) groups excluding carboxylic acids is 2. The van der Waals surface area contributed by atoms with Crippen molar-refractivity contribution in [1.29, 1.82) is 0 Å². The summed E-state index contributed by atoms with van der Waals surface area (Å²) in [6.45, 7) is 6.68. The average Bonchev–Trinajstić information content (AvgIpc) is 2.69. The number of nitrogens with one attached hydrogen (secondary N) is 1. The number of hydrogen-bond acceptors (Lipinski definition) is 6. The average molecular weight is 447 g/mol. The van der Waals surface area contributed by atoms with Crippen molar-refractivity contribution in [3.63, 3.8) is 0 Å². The first-order valence-electron chi connectivity index (χ1n) is 9.96. The van der Waals surface area contributed by atoms with Crippen LogP contribution >= 0.6 is 0 Å². The lowest BCUT2D eigenvalue weighted by Crippen LogP contribution is -2.57. The highest BCUT2D eigenvalue weighted by Crippen LogP contribution is 2.28. The van der Waals surface area contributed by atoms with Crippen molar-refractivity contribution in [3.8, 4) is 5.75 Å². The second-order valence-electron chi connectivity index (χ2n) is 8.03. The minimum Gasteiger partial charge on any atom is -0.406 e. The number of hydroxylamine groups is 1. The van der Waals surface area contributed by atoms with Crippen molar-refractivity contribution < 1.29 is 37.8 Å². The molecular weight excluding hydrogens is 419 g/mol. The van der Waals surface area contributed by atoms with Gasteiger partial charge in [0.2, 0.25) is 5.91 Å². The van der Waals surface area contributed by atoms with E-state index in [9.17, 15) is 27.9 Å². The fraction of sp³-hybridized carbons (Fsp3) is 0.600. The molecule has 3 atom stereocenters. The molecule has 2 amide bonds. The highest BCUT2D eigenvalue weighted by Gasteiger charge is 2.38. The van der Waals surface area contributed by atoms with E-state index in [-0.39, 0.29) is 30.0 Å². The molecule has 1 heterocycles. The second kappa shape index (κ2) is 10.2. The number of hydrogen-bond donors (Lipinski definition) is 3. The van der Waals surface area contributed by atoms with Crippen molar-refractivity contribution in [2.75, 3.05) is 24.5 Å². The van der Waals surface area contributed by atoms with E-state index in [0.717, 1.165) is 0 Å². The van der Waals surface area contributed by atoms with Crippen LogP contribution in [0.2, 0.25) is 0 Å². The van der Waals surface area contributed by atoms with Gasteiger partial charge >= 0.3 is 6.36 Å². The first-order valence-corrected chi connectivity index (χ1v) is 9.96. The Kier molecular flexibility index (Phi) is 8.13. The number of benzene rings is 1. The number of piperazine rings is 1. The molecule has 8 nitrogen and oxygen atoms in total. The van der Waals surface area contributed by atoms with Gasteiger partial charge in [-0.25, -0.2) is 5.48 Å². The van der Waals surface area contributed by atoms with E-state index in [1.807, 2.05) is 25.7 Å². The van der Waals surface area contributed by atoms with Crippen molar-refractivity contribution in [2.24, 2.45) is 11.8 Å². The second-order valence-corrected chi connectivity index (χ2v) is 8.03. The highest BCUT2D eigenvalue weighted by molar-refractivity contribution is 5.89. The third-order valence-corrected chi connectivity index (χ3v) is 5.15. The Balaban J connectivity index is 2.07. The van der Waals surface area contributed by atoms with Gasteiger partial charge in [-0.3, -0.25) is 14.8 Å². The van der Waals surface area contributed by atoms with Crippen LogP contribution in [0.15, 0.2) is 24.3 Å². The first-order chi connectivity index (χ1) is 14.4. The van der Waals surface area contributed by atoms with Crippen LogP contribution in [0, 0.1) is 11.8 Å². The summed E-state index contributed by atoms with van der Waals surface area (Å²) in [7, 11) is 0. The smallest absolute Gasteiger partial charge is 0.406 e. The minimum atomic E-state index is -4.76. The van der Waals surface area contributed by atoms with E-state index in [2.05, 4.69) is 4.74 Å². The van der Waals surface area contributed by atoms with Crippen molar-refractivity contribution in [2.45, 2.75) is 45.7 Å². The third kappa shape index (κ3) is 6.73. The van der Waals surface area contributed by atoms with Gasteiger partial charge in [0.25, 0.3) is 5.91 Å². The number of aliphatic hydroxyl groups excluding tert-OH is 1. The zero-order valence-electron chi connectivity index (χ0n) is 17.6. The van der Waals surface area contributed by atoms with E-state index in [4.69, 9.17) is 5.21 Å². The lowest BCUT2D eigenvalue weighted by atomic mass is 9.89. The predicted octanol–water partition coefficient (Wildman–Crippen LogP) is 2.15. The van der Waals surface area contributed by atoms with Crippen molar-refractivity contribution >= 4 is 17.5 Å². The van der Waals surface area contributed by atoms with E-state index in [1.165, 1.54) is 29.7 Å². The van der Waals surface area contributed by atoms with Crippen LogP contribution < -0.4 is 15.1 Å². The monoisotopic (exact) mass is 447 g/mol. The Labute approximate surface area is 178 Å². The summed E-state index contributed by atoms with van der Waals surface area (Å²) in [6.07, 6.45) is -6.17. The standard InChI is InChI=1S/C20H28F3N3O5/c1-12(2)10-16(17(27)18(28)24-30)19(29)26-9-8-25(11-13(26)3)14-4-6-15(7-5-14)31-20(21,22)23/h4-7,12-13,16-17,27,30H,8-11H2,1-3H3,(H,24,28)/t13-,16?,17?/m1/s1. The largest absolute Gasteiger partial charge is 0.573 e. The van der Waals surface area contributed by atoms with E-state index < -0.39 is 24.3 Å². The quantitative estimate of drug-likeness (QED) is 0.437. The van der Waals surface area contributed by atoms with Gasteiger partial charge in [0.05, 0.1) is 5.92 Å². The molecule has 2 unspecified atom stereocenters. The van der Waals surface area contributed by atoms with Crippen LogP contribution in [0.1, 0.15) is 27.2 Å². The number of alkyl halides is 3. The van der Waals surface area contributed by atoms with Gasteiger partial charge in [-0.15, -0.1) is 13.2 Å².